The van der Waals surface area contributed by atoms with Crippen molar-refractivity contribution in [3.8, 4) is 5.75 Å². The van der Waals surface area contributed by atoms with Gasteiger partial charge in [0.2, 0.25) is 0 Å². The zero-order valence-electron chi connectivity index (χ0n) is 14.0. The Balaban J connectivity index is 2.22. The Morgan fingerprint density at radius 1 is 1.32 bits per heavy atom. The molecular formula is C16H24BrNO3Si. The summed E-state index contributed by atoms with van der Waals surface area (Å²) in [6, 6.07) is 3.72. The van der Waals surface area contributed by atoms with Crippen molar-refractivity contribution in [1.29, 1.82) is 0 Å². The molecule has 1 heterocycles. The minimum atomic E-state index is -1.83. The molecule has 1 aliphatic rings. The van der Waals surface area contributed by atoms with E-state index in [4.69, 9.17) is 9.16 Å². The average molecular weight is 386 g/mol. The molecule has 2 rings (SSSR count). The third-order valence-electron chi connectivity index (χ3n) is 4.68. The van der Waals surface area contributed by atoms with Gasteiger partial charge in [0.15, 0.2) is 8.32 Å². The van der Waals surface area contributed by atoms with Gasteiger partial charge in [-0.05, 0) is 45.7 Å². The summed E-state index contributed by atoms with van der Waals surface area (Å²) < 4.78 is 12.2. The first kappa shape index (κ1) is 17.5. The van der Waals surface area contributed by atoms with Gasteiger partial charge in [-0.2, -0.15) is 0 Å². The Labute approximate surface area is 141 Å². The number of hydrogen-bond donors (Lipinski definition) is 1. The van der Waals surface area contributed by atoms with Crippen molar-refractivity contribution in [1.82, 2.24) is 5.32 Å². The molecule has 1 N–H and O–H groups in total. The second-order valence-electron chi connectivity index (χ2n) is 7.14. The van der Waals surface area contributed by atoms with Crippen LogP contribution in [-0.2, 0) is 4.43 Å². The van der Waals surface area contributed by atoms with Crippen molar-refractivity contribution in [2.75, 3.05) is 13.7 Å². The van der Waals surface area contributed by atoms with Crippen LogP contribution in [0.2, 0.25) is 18.1 Å². The van der Waals surface area contributed by atoms with E-state index in [1.54, 1.807) is 7.11 Å². The van der Waals surface area contributed by atoms with Crippen LogP contribution in [0.4, 0.5) is 0 Å². The highest BCUT2D eigenvalue weighted by molar-refractivity contribution is 9.10. The molecule has 1 amide bonds. The molecule has 0 radical (unpaired) electrons. The van der Waals surface area contributed by atoms with Gasteiger partial charge in [-0.1, -0.05) is 26.8 Å². The molecule has 6 heteroatoms. The van der Waals surface area contributed by atoms with Gasteiger partial charge in [-0.15, -0.1) is 0 Å². The van der Waals surface area contributed by atoms with Crippen LogP contribution in [0, 0.1) is 0 Å². The Bertz CT molecular complexity index is 596. The standard InChI is InChI=1S/C16H24BrNO3Si/c1-16(2,3)22(5,6)21-9-11-10-7-8-12(20-4)14(17)13(10)15(19)18-11/h7-8,11H,9H2,1-6H3,(H,18,19)/t11-/m0/s1. The van der Waals surface area contributed by atoms with E-state index >= 15 is 0 Å². The first-order chi connectivity index (χ1) is 10.1. The van der Waals surface area contributed by atoms with Crippen LogP contribution in [0.25, 0.3) is 0 Å². The summed E-state index contributed by atoms with van der Waals surface area (Å²) in [5.74, 6) is 0.587. The molecule has 1 aliphatic heterocycles. The number of fused-ring (bicyclic) bond motifs is 1. The molecule has 1 aromatic rings. The van der Waals surface area contributed by atoms with E-state index < -0.39 is 8.32 Å². The number of hydrogen-bond acceptors (Lipinski definition) is 3. The van der Waals surface area contributed by atoms with Crippen molar-refractivity contribution in [2.45, 2.75) is 44.9 Å². The monoisotopic (exact) mass is 385 g/mol. The minimum Gasteiger partial charge on any atom is -0.496 e. The van der Waals surface area contributed by atoms with E-state index in [-0.39, 0.29) is 17.0 Å². The number of carbonyl (C=O) groups is 1. The molecule has 4 nitrogen and oxygen atoms in total. The lowest BCUT2D eigenvalue weighted by atomic mass is 10.1. The molecule has 0 saturated carbocycles. The number of halogens is 1. The number of methoxy groups -OCH3 is 1. The van der Waals surface area contributed by atoms with Crippen LogP contribution in [0.3, 0.4) is 0 Å². The van der Waals surface area contributed by atoms with Gasteiger partial charge < -0.3 is 14.5 Å². The molecular weight excluding hydrogens is 362 g/mol. The normalized spacial score (nSPS) is 18.1. The quantitative estimate of drug-likeness (QED) is 0.787. The predicted molar refractivity (Wildman–Crippen MR) is 94.1 cm³/mol. The highest BCUT2D eigenvalue weighted by Gasteiger charge is 2.39. The molecule has 0 aliphatic carbocycles. The van der Waals surface area contributed by atoms with E-state index in [0.29, 0.717) is 22.4 Å². The first-order valence-electron chi connectivity index (χ1n) is 7.39. The van der Waals surface area contributed by atoms with Gasteiger partial charge in [0.1, 0.15) is 5.75 Å². The molecule has 122 valence electrons. The fraction of sp³-hybridized carbons (Fsp3) is 0.562. The summed E-state index contributed by atoms with van der Waals surface area (Å²) in [6.45, 7) is 11.6. The molecule has 0 aromatic heterocycles. The summed E-state index contributed by atoms with van der Waals surface area (Å²) in [4.78, 5) is 12.2. The van der Waals surface area contributed by atoms with Gasteiger partial charge in [0.25, 0.3) is 5.91 Å². The maximum Gasteiger partial charge on any atom is 0.253 e. The van der Waals surface area contributed by atoms with Crippen LogP contribution >= 0.6 is 15.9 Å². The largest absolute Gasteiger partial charge is 0.496 e. The summed E-state index contributed by atoms with van der Waals surface area (Å²) >= 11 is 3.46. The number of ether oxygens (including phenoxy) is 1. The van der Waals surface area contributed by atoms with E-state index in [0.717, 1.165) is 5.56 Å². The number of benzene rings is 1. The average Bonchev–Trinajstić information content (AvgIpc) is 2.73. The van der Waals surface area contributed by atoms with Gasteiger partial charge >= 0.3 is 0 Å². The van der Waals surface area contributed by atoms with Crippen molar-refractivity contribution in [3.05, 3.63) is 27.7 Å². The number of rotatable bonds is 4. The summed E-state index contributed by atoms with van der Waals surface area (Å²) in [7, 11) is -0.240. The Hall–Kier alpha value is -0.853. The summed E-state index contributed by atoms with van der Waals surface area (Å²) in [5, 5.41) is 3.16. The molecule has 0 saturated heterocycles. The Morgan fingerprint density at radius 3 is 2.50 bits per heavy atom. The van der Waals surface area contributed by atoms with Crippen LogP contribution in [0.1, 0.15) is 42.7 Å². The Morgan fingerprint density at radius 2 is 1.95 bits per heavy atom. The van der Waals surface area contributed by atoms with E-state index in [1.807, 2.05) is 12.1 Å². The molecule has 1 aromatic carbocycles. The summed E-state index contributed by atoms with van der Waals surface area (Å²) in [5.41, 5.74) is 1.62. The fourth-order valence-corrected chi connectivity index (χ4v) is 3.92. The number of amides is 1. The van der Waals surface area contributed by atoms with Crippen molar-refractivity contribution >= 4 is 30.2 Å². The lowest BCUT2D eigenvalue weighted by molar-refractivity contribution is 0.0943. The van der Waals surface area contributed by atoms with Crippen LogP contribution in [0.5, 0.6) is 5.75 Å². The van der Waals surface area contributed by atoms with Gasteiger partial charge in [0, 0.05) is 0 Å². The van der Waals surface area contributed by atoms with Gasteiger partial charge in [-0.25, -0.2) is 0 Å². The van der Waals surface area contributed by atoms with Crippen LogP contribution < -0.4 is 10.1 Å². The third-order valence-corrected chi connectivity index (χ3v) is 9.97. The fourth-order valence-electron chi connectivity index (χ4n) is 2.20. The zero-order chi connectivity index (χ0) is 16.7. The van der Waals surface area contributed by atoms with Gasteiger partial charge in [-0.3, -0.25) is 4.79 Å². The van der Waals surface area contributed by atoms with E-state index in [9.17, 15) is 4.79 Å². The lowest BCUT2D eigenvalue weighted by Crippen LogP contribution is -2.42. The van der Waals surface area contributed by atoms with Crippen molar-refractivity contribution in [2.24, 2.45) is 0 Å². The van der Waals surface area contributed by atoms with E-state index in [2.05, 4.69) is 55.1 Å². The molecule has 22 heavy (non-hydrogen) atoms. The van der Waals surface area contributed by atoms with Crippen LogP contribution in [-0.4, -0.2) is 27.9 Å². The van der Waals surface area contributed by atoms with Crippen molar-refractivity contribution < 1.29 is 14.0 Å². The molecule has 0 spiro atoms. The second kappa shape index (κ2) is 5.98. The number of carbonyl (C=O) groups excluding carboxylic acids is 1. The second-order valence-corrected chi connectivity index (χ2v) is 12.7. The topological polar surface area (TPSA) is 47.6 Å². The molecule has 1 atom stereocenters. The maximum absolute atomic E-state index is 12.2. The summed E-state index contributed by atoms with van der Waals surface area (Å²) in [6.07, 6.45) is 0. The first-order valence-corrected chi connectivity index (χ1v) is 11.1. The van der Waals surface area contributed by atoms with Crippen molar-refractivity contribution in [3.63, 3.8) is 0 Å². The lowest BCUT2D eigenvalue weighted by Gasteiger charge is -2.37. The van der Waals surface area contributed by atoms with Crippen LogP contribution in [0.15, 0.2) is 16.6 Å². The minimum absolute atomic E-state index is 0.0791. The molecule has 0 fully saturated rings. The third kappa shape index (κ3) is 3.09. The molecule has 0 unspecified atom stereocenters. The number of nitrogens with one attached hydrogen (secondary N) is 1. The smallest absolute Gasteiger partial charge is 0.253 e. The maximum atomic E-state index is 12.2. The zero-order valence-corrected chi connectivity index (χ0v) is 16.6. The highest BCUT2D eigenvalue weighted by Crippen LogP contribution is 2.40. The highest BCUT2D eigenvalue weighted by atomic mass is 79.9. The Kier molecular flexibility index (Phi) is 4.76. The van der Waals surface area contributed by atoms with E-state index in [1.165, 1.54) is 0 Å². The van der Waals surface area contributed by atoms with Gasteiger partial charge in [0.05, 0.1) is 29.8 Å². The molecule has 0 bridgehead atoms. The SMILES string of the molecule is COc1ccc2c(c1Br)C(=O)N[C@H]2CO[Si](C)(C)C(C)(C)C. The predicted octanol–water partition coefficient (Wildman–Crippen LogP) is 4.26.